The first kappa shape index (κ1) is 23.4. The number of fused-ring (bicyclic) bond motifs is 1. The van der Waals surface area contributed by atoms with E-state index in [0.29, 0.717) is 31.2 Å². The maximum absolute atomic E-state index is 13.4. The lowest BCUT2D eigenvalue weighted by molar-refractivity contribution is 0.0521. The van der Waals surface area contributed by atoms with Crippen molar-refractivity contribution in [3.8, 4) is 17.2 Å². The van der Waals surface area contributed by atoms with Crippen molar-refractivity contribution in [2.75, 3.05) is 33.9 Å². The van der Waals surface area contributed by atoms with E-state index in [1.807, 2.05) is 31.2 Å². The Morgan fingerprint density at radius 2 is 1.94 bits per heavy atom. The van der Waals surface area contributed by atoms with Gasteiger partial charge in [0.05, 0.1) is 13.7 Å². The lowest BCUT2D eigenvalue weighted by Crippen LogP contribution is -2.42. The molecule has 2 atom stereocenters. The molecule has 2 heterocycles. The van der Waals surface area contributed by atoms with Gasteiger partial charge < -0.3 is 19.1 Å². The summed E-state index contributed by atoms with van der Waals surface area (Å²) in [6, 6.07) is 11.8. The van der Waals surface area contributed by atoms with Crippen LogP contribution in [0.3, 0.4) is 0 Å². The summed E-state index contributed by atoms with van der Waals surface area (Å²) in [5.74, 6) is 1.25. The molecule has 178 valence electrons. The molecule has 2 aliphatic rings. The highest BCUT2D eigenvalue weighted by atomic mass is 32.2. The molecule has 1 saturated heterocycles. The zero-order valence-electron chi connectivity index (χ0n) is 19.2. The highest BCUT2D eigenvalue weighted by Crippen LogP contribution is 2.33. The molecule has 33 heavy (non-hydrogen) atoms. The molecule has 9 heteroatoms. The van der Waals surface area contributed by atoms with Gasteiger partial charge in [-0.15, -0.1) is 0 Å². The maximum Gasteiger partial charge on any atom is 0.253 e. The zero-order chi connectivity index (χ0) is 23.6. The number of likely N-dealkylation sites (N-methyl/N-ethyl adjacent to an activating group) is 1. The van der Waals surface area contributed by atoms with E-state index in [9.17, 15) is 13.2 Å². The predicted molar refractivity (Wildman–Crippen MR) is 124 cm³/mol. The fourth-order valence-electron chi connectivity index (χ4n) is 4.33. The smallest absolute Gasteiger partial charge is 0.253 e. The molecule has 0 aromatic heterocycles. The monoisotopic (exact) mass is 474 g/mol. The highest BCUT2D eigenvalue weighted by Gasteiger charge is 2.34. The molecule has 4 rings (SSSR count). The molecule has 2 aliphatic heterocycles. The Kier molecular flexibility index (Phi) is 6.81. The van der Waals surface area contributed by atoms with E-state index in [-0.39, 0.29) is 34.3 Å². The van der Waals surface area contributed by atoms with Crippen LogP contribution in [0.25, 0.3) is 0 Å². The summed E-state index contributed by atoms with van der Waals surface area (Å²) in [6.07, 6.45) is 2.31. The SMILES string of the molecule is COc1ccc(C(=O)N(C)CC2COc3ccccc3O2)cc1S(=O)(=O)N1CCCCC1C. The van der Waals surface area contributed by atoms with Crippen LogP contribution in [-0.2, 0) is 10.0 Å². The van der Waals surface area contributed by atoms with Crippen molar-refractivity contribution in [1.82, 2.24) is 9.21 Å². The minimum Gasteiger partial charge on any atom is -0.495 e. The number of amides is 1. The topological polar surface area (TPSA) is 85.4 Å². The van der Waals surface area contributed by atoms with Crippen molar-refractivity contribution in [3.63, 3.8) is 0 Å². The molecule has 0 N–H and O–H groups in total. The van der Waals surface area contributed by atoms with Crippen molar-refractivity contribution >= 4 is 15.9 Å². The van der Waals surface area contributed by atoms with Crippen LogP contribution in [0.2, 0.25) is 0 Å². The van der Waals surface area contributed by atoms with Crippen molar-refractivity contribution in [3.05, 3.63) is 48.0 Å². The average molecular weight is 475 g/mol. The van der Waals surface area contributed by atoms with Gasteiger partial charge in [0.15, 0.2) is 17.6 Å². The number of benzene rings is 2. The molecule has 2 unspecified atom stereocenters. The van der Waals surface area contributed by atoms with Crippen molar-refractivity contribution in [1.29, 1.82) is 0 Å². The van der Waals surface area contributed by atoms with Gasteiger partial charge in [-0.1, -0.05) is 18.6 Å². The number of hydrogen-bond donors (Lipinski definition) is 0. The molecular weight excluding hydrogens is 444 g/mol. The summed E-state index contributed by atoms with van der Waals surface area (Å²) in [5, 5.41) is 0. The number of ether oxygens (including phenoxy) is 3. The van der Waals surface area contributed by atoms with Crippen LogP contribution in [0.5, 0.6) is 17.2 Å². The molecule has 8 nitrogen and oxygen atoms in total. The van der Waals surface area contributed by atoms with Crippen LogP contribution in [0, 0.1) is 0 Å². The molecule has 0 bridgehead atoms. The second kappa shape index (κ2) is 9.61. The third kappa shape index (κ3) is 4.79. The van der Waals surface area contributed by atoms with Gasteiger partial charge in [0.2, 0.25) is 10.0 Å². The number of carbonyl (C=O) groups is 1. The molecule has 2 aromatic rings. The van der Waals surface area contributed by atoms with E-state index in [4.69, 9.17) is 14.2 Å². The number of piperidine rings is 1. The number of rotatable bonds is 6. The fourth-order valence-corrected chi connectivity index (χ4v) is 6.21. The minimum absolute atomic E-state index is 0.0178. The lowest BCUT2D eigenvalue weighted by atomic mass is 10.1. The Hall–Kier alpha value is -2.78. The first-order valence-electron chi connectivity index (χ1n) is 11.1. The summed E-state index contributed by atoms with van der Waals surface area (Å²) in [4.78, 5) is 14.7. The lowest BCUT2D eigenvalue weighted by Gasteiger charge is -2.32. The summed E-state index contributed by atoms with van der Waals surface area (Å²) in [6.45, 7) is 3.00. The quantitative estimate of drug-likeness (QED) is 0.639. The predicted octanol–water partition coefficient (Wildman–Crippen LogP) is 3.17. The van der Waals surface area contributed by atoms with Crippen LogP contribution in [0.4, 0.5) is 0 Å². The summed E-state index contributed by atoms with van der Waals surface area (Å²) < 4.78 is 45.4. The Labute approximate surface area is 195 Å². The average Bonchev–Trinajstić information content (AvgIpc) is 2.83. The van der Waals surface area contributed by atoms with Crippen molar-refractivity contribution in [2.45, 2.75) is 43.2 Å². The van der Waals surface area contributed by atoms with Gasteiger partial charge in [-0.25, -0.2) is 8.42 Å². The second-order valence-electron chi connectivity index (χ2n) is 8.51. The first-order chi connectivity index (χ1) is 15.8. The van der Waals surface area contributed by atoms with Gasteiger partial charge in [-0.05, 0) is 50.1 Å². The number of methoxy groups -OCH3 is 1. The number of para-hydroxylation sites is 2. The maximum atomic E-state index is 13.4. The van der Waals surface area contributed by atoms with Gasteiger partial charge in [-0.2, -0.15) is 4.31 Å². The summed E-state index contributed by atoms with van der Waals surface area (Å²) in [7, 11) is -0.709. The Morgan fingerprint density at radius 1 is 1.18 bits per heavy atom. The molecule has 1 amide bonds. The van der Waals surface area contributed by atoms with E-state index in [1.54, 1.807) is 19.2 Å². The van der Waals surface area contributed by atoms with Gasteiger partial charge in [0.25, 0.3) is 5.91 Å². The molecule has 0 radical (unpaired) electrons. The van der Waals surface area contributed by atoms with E-state index < -0.39 is 10.0 Å². The summed E-state index contributed by atoms with van der Waals surface area (Å²) in [5.41, 5.74) is 0.277. The molecule has 0 spiro atoms. The Balaban J connectivity index is 1.53. The number of nitrogens with zero attached hydrogens (tertiary/aromatic N) is 2. The normalized spacial score (nSPS) is 20.8. The van der Waals surface area contributed by atoms with Gasteiger partial charge in [0.1, 0.15) is 17.3 Å². The Bertz CT molecular complexity index is 1120. The van der Waals surface area contributed by atoms with Crippen molar-refractivity contribution < 1.29 is 27.4 Å². The minimum atomic E-state index is -3.80. The molecule has 0 saturated carbocycles. The highest BCUT2D eigenvalue weighted by molar-refractivity contribution is 7.89. The first-order valence-corrected chi connectivity index (χ1v) is 12.6. The van der Waals surface area contributed by atoms with E-state index >= 15 is 0 Å². The van der Waals surface area contributed by atoms with Crippen molar-refractivity contribution in [2.24, 2.45) is 0 Å². The second-order valence-corrected chi connectivity index (χ2v) is 10.4. The van der Waals surface area contributed by atoms with Gasteiger partial charge >= 0.3 is 0 Å². The van der Waals surface area contributed by atoms with Gasteiger partial charge in [-0.3, -0.25) is 4.79 Å². The number of carbonyl (C=O) groups excluding carboxylic acids is 1. The van der Waals surface area contributed by atoms with Crippen LogP contribution < -0.4 is 14.2 Å². The molecule has 2 aromatic carbocycles. The van der Waals surface area contributed by atoms with Crippen LogP contribution >= 0.6 is 0 Å². The standard InChI is InChI=1S/C24H30N2O6S/c1-17-8-6-7-13-26(17)33(28,29)23-14-18(11-12-22(23)30-3)24(27)25(2)15-19-16-31-20-9-4-5-10-21(20)32-19/h4-5,9-12,14,17,19H,6-8,13,15-16H2,1-3H3. The van der Waals surface area contributed by atoms with E-state index in [1.165, 1.54) is 22.4 Å². The molecular formula is C24H30N2O6S. The summed E-state index contributed by atoms with van der Waals surface area (Å²) >= 11 is 0. The third-order valence-corrected chi connectivity index (χ3v) is 8.17. The van der Waals surface area contributed by atoms with Crippen LogP contribution in [0.1, 0.15) is 36.5 Å². The largest absolute Gasteiger partial charge is 0.495 e. The zero-order valence-corrected chi connectivity index (χ0v) is 20.0. The third-order valence-electron chi connectivity index (χ3n) is 6.13. The molecule has 0 aliphatic carbocycles. The van der Waals surface area contributed by atoms with Crippen LogP contribution in [0.15, 0.2) is 47.4 Å². The fraction of sp³-hybridized carbons (Fsp3) is 0.458. The number of hydrogen-bond acceptors (Lipinski definition) is 6. The number of sulfonamides is 1. The van der Waals surface area contributed by atoms with Crippen LogP contribution in [-0.4, -0.2) is 69.5 Å². The molecule has 1 fully saturated rings. The Morgan fingerprint density at radius 3 is 2.67 bits per heavy atom. The van der Waals surface area contributed by atoms with E-state index in [0.717, 1.165) is 19.3 Å². The van der Waals surface area contributed by atoms with E-state index in [2.05, 4.69) is 0 Å². The van der Waals surface area contributed by atoms with Gasteiger partial charge in [0, 0.05) is 25.2 Å².